The van der Waals surface area contributed by atoms with Crippen LogP contribution >= 0.6 is 27.5 Å². The molecule has 0 radical (unpaired) electrons. The monoisotopic (exact) mass is 249 g/mol. The van der Waals surface area contributed by atoms with Gasteiger partial charge in [0.05, 0.1) is 0 Å². The van der Waals surface area contributed by atoms with Crippen molar-refractivity contribution >= 4 is 33.5 Å². The lowest BCUT2D eigenvalue weighted by atomic mass is 10.1. The molecule has 1 rings (SSSR count). The third kappa shape index (κ3) is 2.87. The van der Waals surface area contributed by atoms with Crippen LogP contribution in [0.1, 0.15) is 6.42 Å². The van der Waals surface area contributed by atoms with Crippen molar-refractivity contribution in [3.8, 4) is 0 Å². The molecule has 0 bridgehead atoms. The first kappa shape index (κ1) is 9.61. The maximum absolute atomic E-state index is 5.99. The number of aliphatic imine (C=N–C) groups is 1. The van der Waals surface area contributed by atoms with Crippen LogP contribution in [-0.4, -0.2) is 9.74 Å². The molecule has 1 aliphatic rings. The summed E-state index contributed by atoms with van der Waals surface area (Å²) in [6.07, 6.45) is 6.04. The van der Waals surface area contributed by atoms with Gasteiger partial charge >= 0.3 is 0 Å². The number of nitrogens with zero attached hydrogens (tertiary/aromatic N) is 1. The zero-order valence-electron chi connectivity index (χ0n) is 6.30. The highest BCUT2D eigenvalue weighted by atomic mass is 79.9. The van der Waals surface area contributed by atoms with Gasteiger partial charge in [0.1, 0.15) is 3.78 Å². The highest BCUT2D eigenvalue weighted by Gasteiger charge is 2.23. The first-order valence-corrected chi connectivity index (χ1v) is 4.52. The molecule has 0 aliphatic heterocycles. The summed E-state index contributed by atoms with van der Waals surface area (Å²) in [7, 11) is 0. The fraction of sp³-hybridized carbons (Fsp3) is 0.286. The Bertz CT molecular complexity index is 264. The van der Waals surface area contributed by atoms with E-state index in [0.29, 0.717) is 6.42 Å². The molecule has 3 nitrogen and oxygen atoms in total. The van der Waals surface area contributed by atoms with Gasteiger partial charge in [-0.15, -0.1) is 11.6 Å². The van der Waals surface area contributed by atoms with Crippen LogP contribution in [0.15, 0.2) is 28.9 Å². The molecule has 1 atom stereocenters. The normalized spacial score (nSPS) is 28.0. The first-order chi connectivity index (χ1) is 5.49. The van der Waals surface area contributed by atoms with Gasteiger partial charge in [-0.25, -0.2) is 4.99 Å². The topological polar surface area (TPSA) is 64.4 Å². The molecular weight excluding hydrogens is 241 g/mol. The molecule has 66 valence electrons. The number of hydrogen-bond acceptors (Lipinski definition) is 1. The molecule has 5 heteroatoms. The van der Waals surface area contributed by atoms with E-state index in [-0.39, 0.29) is 5.96 Å². The van der Waals surface area contributed by atoms with E-state index in [1.807, 2.05) is 18.2 Å². The average molecular weight is 251 g/mol. The van der Waals surface area contributed by atoms with Crippen LogP contribution in [0.5, 0.6) is 0 Å². The van der Waals surface area contributed by atoms with Gasteiger partial charge < -0.3 is 11.5 Å². The van der Waals surface area contributed by atoms with Crippen molar-refractivity contribution < 1.29 is 0 Å². The van der Waals surface area contributed by atoms with Crippen molar-refractivity contribution in [2.45, 2.75) is 10.2 Å². The molecule has 0 saturated heterocycles. The highest BCUT2D eigenvalue weighted by Crippen LogP contribution is 2.35. The van der Waals surface area contributed by atoms with E-state index in [4.69, 9.17) is 23.1 Å². The Balaban J connectivity index is 2.77. The number of hydrogen-bond donors (Lipinski definition) is 2. The summed E-state index contributed by atoms with van der Waals surface area (Å²) in [5.41, 5.74) is 11.2. The van der Waals surface area contributed by atoms with Crippen molar-refractivity contribution in [2.75, 3.05) is 0 Å². The second kappa shape index (κ2) is 3.49. The van der Waals surface area contributed by atoms with Gasteiger partial charge in [-0.2, -0.15) is 0 Å². The van der Waals surface area contributed by atoms with Crippen LogP contribution in [0.3, 0.4) is 0 Å². The minimum Gasteiger partial charge on any atom is -0.370 e. The Morgan fingerprint density at radius 2 is 2.33 bits per heavy atom. The molecule has 1 aliphatic carbocycles. The summed E-state index contributed by atoms with van der Waals surface area (Å²) in [4.78, 5) is 3.90. The van der Waals surface area contributed by atoms with E-state index in [9.17, 15) is 0 Å². The SMILES string of the molecule is NC(N)=NC1=CC=CC(Cl)(Br)C1. The summed E-state index contributed by atoms with van der Waals surface area (Å²) < 4.78 is -0.546. The standard InChI is InChI=1S/C7H9BrClN3/c8-7(9)3-1-2-5(4-7)12-6(10)11/h1-3H,4H2,(H4,10,11,12). The zero-order chi connectivity index (χ0) is 9.19. The predicted molar refractivity (Wildman–Crippen MR) is 55.2 cm³/mol. The van der Waals surface area contributed by atoms with Crippen LogP contribution in [0.25, 0.3) is 0 Å². The molecule has 0 saturated carbocycles. The molecule has 0 fully saturated rings. The summed E-state index contributed by atoms with van der Waals surface area (Å²) in [5, 5.41) is 0. The maximum Gasteiger partial charge on any atom is 0.190 e. The third-order valence-electron chi connectivity index (χ3n) is 1.32. The Morgan fingerprint density at radius 1 is 1.67 bits per heavy atom. The average Bonchev–Trinajstić information content (AvgIpc) is 1.82. The summed E-state index contributed by atoms with van der Waals surface area (Å²) in [5.74, 6) is 0.0523. The number of guanidine groups is 1. The van der Waals surface area contributed by atoms with Crippen LogP contribution < -0.4 is 11.5 Å². The Hall–Kier alpha value is -0.480. The number of rotatable bonds is 1. The molecule has 0 heterocycles. The van der Waals surface area contributed by atoms with Crippen molar-refractivity contribution in [1.82, 2.24) is 0 Å². The number of allylic oxidation sites excluding steroid dienone is 4. The Labute approximate surface area is 84.3 Å². The largest absolute Gasteiger partial charge is 0.370 e. The van der Waals surface area contributed by atoms with Crippen molar-refractivity contribution in [2.24, 2.45) is 16.5 Å². The molecule has 0 amide bonds. The van der Waals surface area contributed by atoms with Gasteiger partial charge in [0, 0.05) is 12.1 Å². The van der Waals surface area contributed by atoms with Crippen LogP contribution in [0.2, 0.25) is 0 Å². The number of nitrogens with two attached hydrogens (primary N) is 2. The summed E-state index contributed by atoms with van der Waals surface area (Å²) >= 11 is 9.30. The quantitative estimate of drug-likeness (QED) is 0.420. The minimum atomic E-state index is -0.546. The maximum atomic E-state index is 5.99. The van der Waals surface area contributed by atoms with Gasteiger partial charge in [0.2, 0.25) is 0 Å². The van der Waals surface area contributed by atoms with Gasteiger partial charge in [-0.1, -0.05) is 28.1 Å². The molecule has 0 aromatic heterocycles. The molecular formula is C7H9BrClN3. The number of halogens is 2. The molecule has 12 heavy (non-hydrogen) atoms. The fourth-order valence-electron chi connectivity index (χ4n) is 0.902. The Morgan fingerprint density at radius 3 is 2.83 bits per heavy atom. The van der Waals surface area contributed by atoms with E-state index in [0.717, 1.165) is 5.70 Å². The van der Waals surface area contributed by atoms with Crippen LogP contribution in [0.4, 0.5) is 0 Å². The van der Waals surface area contributed by atoms with Crippen molar-refractivity contribution in [1.29, 1.82) is 0 Å². The van der Waals surface area contributed by atoms with Crippen LogP contribution in [0, 0.1) is 0 Å². The van der Waals surface area contributed by atoms with Gasteiger partial charge in [-0.3, -0.25) is 0 Å². The fourth-order valence-corrected chi connectivity index (χ4v) is 1.55. The van der Waals surface area contributed by atoms with Gasteiger partial charge in [0.25, 0.3) is 0 Å². The predicted octanol–water partition coefficient (Wildman–Crippen LogP) is 1.43. The third-order valence-corrected chi connectivity index (χ3v) is 2.12. The zero-order valence-corrected chi connectivity index (χ0v) is 8.64. The smallest absolute Gasteiger partial charge is 0.190 e. The highest BCUT2D eigenvalue weighted by molar-refractivity contribution is 9.10. The van der Waals surface area contributed by atoms with Crippen LogP contribution in [-0.2, 0) is 0 Å². The van der Waals surface area contributed by atoms with Crippen molar-refractivity contribution in [3.63, 3.8) is 0 Å². The van der Waals surface area contributed by atoms with E-state index in [2.05, 4.69) is 20.9 Å². The molecule has 0 spiro atoms. The van der Waals surface area contributed by atoms with E-state index in [1.165, 1.54) is 0 Å². The van der Waals surface area contributed by atoms with E-state index < -0.39 is 3.78 Å². The summed E-state index contributed by atoms with van der Waals surface area (Å²) in [6, 6.07) is 0. The second-order valence-corrected chi connectivity index (χ2v) is 5.04. The Kier molecular flexibility index (Phi) is 2.80. The molecule has 1 unspecified atom stereocenters. The lowest BCUT2D eigenvalue weighted by molar-refractivity contribution is 0.912. The van der Waals surface area contributed by atoms with Gasteiger partial charge in [0.15, 0.2) is 5.96 Å². The molecule has 0 aromatic carbocycles. The van der Waals surface area contributed by atoms with Crippen molar-refractivity contribution in [3.05, 3.63) is 23.9 Å². The summed E-state index contributed by atoms with van der Waals surface area (Å²) in [6.45, 7) is 0. The molecule has 4 N–H and O–H groups in total. The van der Waals surface area contributed by atoms with E-state index >= 15 is 0 Å². The minimum absolute atomic E-state index is 0.0523. The van der Waals surface area contributed by atoms with E-state index in [1.54, 1.807) is 0 Å². The lowest BCUT2D eigenvalue weighted by Crippen LogP contribution is -2.23. The number of alkyl halides is 2. The second-order valence-electron chi connectivity index (χ2n) is 2.49. The lowest BCUT2D eigenvalue weighted by Gasteiger charge is -2.18. The van der Waals surface area contributed by atoms with Gasteiger partial charge in [-0.05, 0) is 6.08 Å². The molecule has 0 aromatic rings. The first-order valence-electron chi connectivity index (χ1n) is 3.35.